The fourth-order valence-corrected chi connectivity index (χ4v) is 2.78. The van der Waals surface area contributed by atoms with Crippen LogP contribution in [0.3, 0.4) is 0 Å². The van der Waals surface area contributed by atoms with Gasteiger partial charge in [-0.05, 0) is 18.3 Å². The third kappa shape index (κ3) is 2.89. The van der Waals surface area contributed by atoms with E-state index < -0.39 is 22.2 Å². The molecule has 1 aliphatic rings. The van der Waals surface area contributed by atoms with E-state index in [2.05, 4.69) is 19.2 Å². The van der Waals surface area contributed by atoms with Crippen LogP contribution in [0, 0.1) is 27.2 Å². The monoisotopic (exact) mass is 284 g/mol. The normalized spacial score (nSPS) is 21.5. The van der Waals surface area contributed by atoms with Gasteiger partial charge in [0.2, 0.25) is 0 Å². The van der Waals surface area contributed by atoms with Crippen LogP contribution in [0.25, 0.3) is 0 Å². The predicted octanol–water partition coefficient (Wildman–Crippen LogP) is 4.25. The lowest BCUT2D eigenvalue weighted by Crippen LogP contribution is -2.39. The summed E-state index contributed by atoms with van der Waals surface area (Å²) in [5, 5.41) is 13.9. The Balaban J connectivity index is 2.35. The summed E-state index contributed by atoms with van der Waals surface area (Å²) in [5.41, 5.74) is -0.840. The highest BCUT2D eigenvalue weighted by molar-refractivity contribution is 5.63. The van der Waals surface area contributed by atoms with Gasteiger partial charge in [-0.1, -0.05) is 26.7 Å². The lowest BCUT2D eigenvalue weighted by molar-refractivity contribution is -0.384. The number of nitro benzene ring substituents is 1. The largest absolute Gasteiger partial charge is 0.374 e. The van der Waals surface area contributed by atoms with E-state index in [1.807, 2.05) is 0 Å². The van der Waals surface area contributed by atoms with Crippen molar-refractivity contribution in [1.29, 1.82) is 0 Å². The van der Waals surface area contributed by atoms with Crippen molar-refractivity contribution >= 4 is 11.4 Å². The summed E-state index contributed by atoms with van der Waals surface area (Å²) in [6.07, 6.45) is 3.89. The van der Waals surface area contributed by atoms with Crippen LogP contribution in [0.15, 0.2) is 12.1 Å². The van der Waals surface area contributed by atoms with Gasteiger partial charge >= 0.3 is 0 Å². The van der Waals surface area contributed by atoms with Crippen LogP contribution in [-0.2, 0) is 0 Å². The van der Waals surface area contributed by atoms with Crippen LogP contribution in [0.4, 0.5) is 20.2 Å². The Bertz CT molecular complexity index is 532. The molecule has 0 aromatic heterocycles. The van der Waals surface area contributed by atoms with Gasteiger partial charge in [-0.2, -0.15) is 0 Å². The average Bonchev–Trinajstić information content (AvgIpc) is 2.33. The van der Waals surface area contributed by atoms with Crippen LogP contribution in [-0.4, -0.2) is 11.0 Å². The van der Waals surface area contributed by atoms with Gasteiger partial charge in [0, 0.05) is 12.1 Å². The molecule has 1 aromatic carbocycles. The molecule has 1 saturated carbocycles. The molecule has 110 valence electrons. The van der Waals surface area contributed by atoms with E-state index in [4.69, 9.17) is 0 Å². The van der Waals surface area contributed by atoms with Crippen LogP contribution in [0.2, 0.25) is 0 Å². The fraction of sp³-hybridized carbons (Fsp3) is 0.571. The highest BCUT2D eigenvalue weighted by Crippen LogP contribution is 2.39. The summed E-state index contributed by atoms with van der Waals surface area (Å²) in [5.74, 6) is -1.86. The van der Waals surface area contributed by atoms with Gasteiger partial charge < -0.3 is 5.32 Å². The van der Waals surface area contributed by atoms with E-state index in [0.717, 1.165) is 31.7 Å². The SMILES string of the molecule is CC1(C)CCCCC1Nc1c(F)cc(F)cc1[N+](=O)[O-]. The molecule has 0 aliphatic heterocycles. The quantitative estimate of drug-likeness (QED) is 0.666. The number of nitro groups is 1. The summed E-state index contributed by atoms with van der Waals surface area (Å²) >= 11 is 0. The van der Waals surface area contributed by atoms with Gasteiger partial charge in [0.15, 0.2) is 5.82 Å². The Morgan fingerprint density at radius 3 is 2.65 bits per heavy atom. The van der Waals surface area contributed by atoms with Crippen molar-refractivity contribution in [3.05, 3.63) is 33.9 Å². The van der Waals surface area contributed by atoms with Gasteiger partial charge in [-0.25, -0.2) is 8.78 Å². The third-order valence-corrected chi connectivity index (χ3v) is 4.06. The van der Waals surface area contributed by atoms with Gasteiger partial charge in [-0.15, -0.1) is 0 Å². The minimum atomic E-state index is -0.942. The number of anilines is 1. The third-order valence-electron chi connectivity index (χ3n) is 4.06. The molecule has 0 heterocycles. The summed E-state index contributed by atoms with van der Waals surface area (Å²) in [7, 11) is 0. The molecule has 1 unspecified atom stereocenters. The van der Waals surface area contributed by atoms with E-state index in [1.54, 1.807) is 0 Å². The first-order valence-corrected chi connectivity index (χ1v) is 6.71. The highest BCUT2D eigenvalue weighted by atomic mass is 19.1. The molecule has 6 heteroatoms. The minimum Gasteiger partial charge on any atom is -0.374 e. The van der Waals surface area contributed by atoms with Crippen molar-refractivity contribution in [3.8, 4) is 0 Å². The zero-order chi connectivity index (χ0) is 14.9. The standard InChI is InChI=1S/C14H18F2N2O2/c1-14(2)6-4-3-5-12(14)17-13-10(16)7-9(15)8-11(13)18(19)20/h7-8,12,17H,3-6H2,1-2H3. The molecule has 1 aliphatic carbocycles. The van der Waals surface area contributed by atoms with Crippen molar-refractivity contribution < 1.29 is 13.7 Å². The molecule has 0 saturated heterocycles. The fourth-order valence-electron chi connectivity index (χ4n) is 2.78. The first-order chi connectivity index (χ1) is 9.31. The first kappa shape index (κ1) is 14.7. The molecule has 0 radical (unpaired) electrons. The van der Waals surface area contributed by atoms with Crippen LogP contribution in [0.1, 0.15) is 39.5 Å². The average molecular weight is 284 g/mol. The first-order valence-electron chi connectivity index (χ1n) is 6.71. The second kappa shape index (κ2) is 5.34. The molecular weight excluding hydrogens is 266 g/mol. The van der Waals surface area contributed by atoms with E-state index in [1.165, 1.54) is 0 Å². The van der Waals surface area contributed by atoms with Gasteiger partial charge in [-0.3, -0.25) is 10.1 Å². The molecule has 2 rings (SSSR count). The number of benzene rings is 1. The maximum atomic E-state index is 13.9. The smallest absolute Gasteiger partial charge is 0.298 e. The lowest BCUT2D eigenvalue weighted by atomic mass is 9.73. The maximum absolute atomic E-state index is 13.9. The molecule has 0 amide bonds. The second-order valence-electron chi connectivity index (χ2n) is 5.97. The van der Waals surface area contributed by atoms with Gasteiger partial charge in [0.1, 0.15) is 11.5 Å². The van der Waals surface area contributed by atoms with E-state index in [-0.39, 0.29) is 17.1 Å². The summed E-state index contributed by atoms with van der Waals surface area (Å²) in [6, 6.07) is 1.36. The summed E-state index contributed by atoms with van der Waals surface area (Å²) in [6.45, 7) is 4.11. The Labute approximate surface area is 116 Å². The zero-order valence-electron chi connectivity index (χ0n) is 11.6. The summed E-state index contributed by atoms with van der Waals surface area (Å²) in [4.78, 5) is 10.2. The molecule has 4 nitrogen and oxygen atoms in total. The van der Waals surface area contributed by atoms with Gasteiger partial charge in [0.25, 0.3) is 5.69 Å². The Hall–Kier alpha value is -1.72. The Morgan fingerprint density at radius 2 is 2.05 bits per heavy atom. The van der Waals surface area contributed by atoms with E-state index in [9.17, 15) is 18.9 Å². The predicted molar refractivity (Wildman–Crippen MR) is 72.7 cm³/mol. The lowest BCUT2D eigenvalue weighted by Gasteiger charge is -2.39. The highest BCUT2D eigenvalue weighted by Gasteiger charge is 2.34. The topological polar surface area (TPSA) is 55.2 Å². The van der Waals surface area contributed by atoms with Crippen molar-refractivity contribution in [2.75, 3.05) is 5.32 Å². The number of rotatable bonds is 3. The minimum absolute atomic E-state index is 0.0603. The maximum Gasteiger partial charge on any atom is 0.298 e. The number of nitrogens with one attached hydrogen (secondary N) is 1. The molecular formula is C14H18F2N2O2. The number of hydrogen-bond donors (Lipinski definition) is 1. The molecule has 1 aromatic rings. The van der Waals surface area contributed by atoms with E-state index in [0.29, 0.717) is 6.07 Å². The van der Waals surface area contributed by atoms with Crippen LogP contribution < -0.4 is 5.32 Å². The number of halogens is 2. The van der Waals surface area contributed by atoms with Gasteiger partial charge in [0.05, 0.1) is 11.0 Å². The van der Waals surface area contributed by atoms with Crippen LogP contribution >= 0.6 is 0 Å². The van der Waals surface area contributed by atoms with E-state index >= 15 is 0 Å². The molecule has 0 spiro atoms. The molecule has 1 N–H and O–H groups in total. The second-order valence-corrected chi connectivity index (χ2v) is 5.97. The van der Waals surface area contributed by atoms with Crippen molar-refractivity contribution in [2.45, 2.75) is 45.6 Å². The number of nitrogens with zero attached hydrogens (tertiary/aromatic N) is 1. The molecule has 0 bridgehead atoms. The van der Waals surface area contributed by atoms with Crippen molar-refractivity contribution in [1.82, 2.24) is 0 Å². The molecule has 20 heavy (non-hydrogen) atoms. The van der Waals surface area contributed by atoms with Crippen LogP contribution in [0.5, 0.6) is 0 Å². The van der Waals surface area contributed by atoms with Crippen molar-refractivity contribution in [3.63, 3.8) is 0 Å². The molecule has 1 fully saturated rings. The Morgan fingerprint density at radius 1 is 1.35 bits per heavy atom. The zero-order valence-corrected chi connectivity index (χ0v) is 11.6. The Kier molecular flexibility index (Phi) is 3.92. The summed E-state index contributed by atoms with van der Waals surface area (Å²) < 4.78 is 27.0. The number of hydrogen-bond acceptors (Lipinski definition) is 3. The molecule has 1 atom stereocenters. The van der Waals surface area contributed by atoms with Crippen molar-refractivity contribution in [2.24, 2.45) is 5.41 Å².